The number of hydrogen-bond donors (Lipinski definition) is 2. The standard InChI is InChI=1S/C13H17ClN4O2/c1-4-15-8(2)12-17-18-13(20-12)16-9-5-6-11(19-3)10(14)7-9/h5-8,15H,4H2,1-3H3,(H,16,18). The van der Waals surface area contributed by atoms with Crippen LogP contribution in [0.4, 0.5) is 11.7 Å². The summed E-state index contributed by atoms with van der Waals surface area (Å²) in [6.45, 7) is 4.82. The molecule has 0 spiro atoms. The zero-order valence-corrected chi connectivity index (χ0v) is 12.4. The average Bonchev–Trinajstić information content (AvgIpc) is 2.88. The fourth-order valence-electron chi connectivity index (χ4n) is 1.72. The molecule has 0 aliphatic heterocycles. The topological polar surface area (TPSA) is 72.2 Å². The number of nitrogens with one attached hydrogen (secondary N) is 2. The van der Waals surface area contributed by atoms with E-state index < -0.39 is 0 Å². The van der Waals surface area contributed by atoms with Crippen molar-refractivity contribution in [3.8, 4) is 5.75 Å². The molecule has 0 amide bonds. The van der Waals surface area contributed by atoms with Gasteiger partial charge in [-0.05, 0) is 31.7 Å². The first kappa shape index (κ1) is 14.6. The Morgan fingerprint density at radius 1 is 1.40 bits per heavy atom. The van der Waals surface area contributed by atoms with Crippen LogP contribution >= 0.6 is 11.6 Å². The number of methoxy groups -OCH3 is 1. The Hall–Kier alpha value is -1.79. The molecule has 0 radical (unpaired) electrons. The molecule has 0 aliphatic rings. The van der Waals surface area contributed by atoms with Crippen LogP contribution in [0.3, 0.4) is 0 Å². The Morgan fingerprint density at radius 2 is 2.20 bits per heavy atom. The van der Waals surface area contributed by atoms with E-state index >= 15 is 0 Å². The van der Waals surface area contributed by atoms with Crippen molar-refractivity contribution in [2.75, 3.05) is 19.0 Å². The molecule has 0 saturated carbocycles. The largest absolute Gasteiger partial charge is 0.495 e. The van der Waals surface area contributed by atoms with Gasteiger partial charge in [-0.25, -0.2) is 0 Å². The predicted octanol–water partition coefficient (Wildman–Crippen LogP) is 3.15. The minimum atomic E-state index is 0.0162. The first-order valence-electron chi connectivity index (χ1n) is 6.31. The van der Waals surface area contributed by atoms with Gasteiger partial charge in [-0.3, -0.25) is 0 Å². The second kappa shape index (κ2) is 6.58. The molecular weight excluding hydrogens is 280 g/mol. The summed E-state index contributed by atoms with van der Waals surface area (Å²) in [6, 6.07) is 5.66. The number of rotatable bonds is 6. The van der Waals surface area contributed by atoms with Crippen LogP contribution in [0.1, 0.15) is 25.8 Å². The summed E-state index contributed by atoms with van der Waals surface area (Å²) in [5.41, 5.74) is 0.752. The second-order valence-corrected chi connectivity index (χ2v) is 4.61. The van der Waals surface area contributed by atoms with Gasteiger partial charge in [-0.1, -0.05) is 23.6 Å². The highest BCUT2D eigenvalue weighted by Crippen LogP contribution is 2.28. The molecule has 20 heavy (non-hydrogen) atoms. The van der Waals surface area contributed by atoms with E-state index in [0.717, 1.165) is 12.2 Å². The zero-order valence-electron chi connectivity index (χ0n) is 11.6. The van der Waals surface area contributed by atoms with Crippen molar-refractivity contribution < 1.29 is 9.15 Å². The molecule has 1 aromatic carbocycles. The molecule has 2 aromatic rings. The van der Waals surface area contributed by atoms with Gasteiger partial charge in [0, 0.05) is 5.69 Å². The van der Waals surface area contributed by atoms with Crippen LogP contribution in [0.2, 0.25) is 5.02 Å². The summed E-state index contributed by atoms with van der Waals surface area (Å²) in [5.74, 6) is 1.15. The Kier molecular flexibility index (Phi) is 4.81. The van der Waals surface area contributed by atoms with Gasteiger partial charge in [0.05, 0.1) is 18.2 Å². The van der Waals surface area contributed by atoms with Crippen molar-refractivity contribution in [2.45, 2.75) is 19.9 Å². The van der Waals surface area contributed by atoms with Crippen LogP contribution in [0.5, 0.6) is 5.75 Å². The molecule has 1 unspecified atom stereocenters. The fourth-order valence-corrected chi connectivity index (χ4v) is 1.98. The van der Waals surface area contributed by atoms with Gasteiger partial charge in [0.25, 0.3) is 0 Å². The lowest BCUT2D eigenvalue weighted by Gasteiger charge is -2.07. The maximum absolute atomic E-state index is 6.05. The lowest BCUT2D eigenvalue weighted by molar-refractivity contribution is 0.415. The van der Waals surface area contributed by atoms with Crippen molar-refractivity contribution in [1.29, 1.82) is 0 Å². The maximum Gasteiger partial charge on any atom is 0.320 e. The number of hydrogen-bond acceptors (Lipinski definition) is 6. The summed E-state index contributed by atoms with van der Waals surface area (Å²) in [7, 11) is 1.57. The Morgan fingerprint density at radius 3 is 2.85 bits per heavy atom. The summed E-state index contributed by atoms with van der Waals surface area (Å²) < 4.78 is 10.6. The van der Waals surface area contributed by atoms with Crippen LogP contribution in [0.15, 0.2) is 22.6 Å². The molecule has 108 valence electrons. The Labute approximate surface area is 122 Å². The number of halogens is 1. The number of aromatic nitrogens is 2. The van der Waals surface area contributed by atoms with Gasteiger partial charge in [0.1, 0.15) is 5.75 Å². The van der Waals surface area contributed by atoms with Crippen molar-refractivity contribution in [3.05, 3.63) is 29.1 Å². The summed E-state index contributed by atoms with van der Waals surface area (Å²) in [5, 5.41) is 14.7. The van der Waals surface area contributed by atoms with Crippen molar-refractivity contribution in [3.63, 3.8) is 0 Å². The molecule has 1 heterocycles. The van der Waals surface area contributed by atoms with Gasteiger partial charge in [0.15, 0.2) is 0 Å². The van der Waals surface area contributed by atoms with E-state index in [4.69, 9.17) is 20.8 Å². The molecule has 2 rings (SSSR count). The first-order valence-corrected chi connectivity index (χ1v) is 6.69. The highest BCUT2D eigenvalue weighted by molar-refractivity contribution is 6.32. The molecule has 0 fully saturated rings. The summed E-state index contributed by atoms with van der Waals surface area (Å²) in [4.78, 5) is 0. The lowest BCUT2D eigenvalue weighted by atomic mass is 10.3. The molecular formula is C13H17ClN4O2. The van der Waals surface area contributed by atoms with Crippen LogP contribution in [0, 0.1) is 0 Å². The van der Waals surface area contributed by atoms with E-state index in [1.54, 1.807) is 19.2 Å². The minimum absolute atomic E-state index is 0.0162. The van der Waals surface area contributed by atoms with Gasteiger partial charge in [0.2, 0.25) is 5.89 Å². The molecule has 0 bridgehead atoms. The van der Waals surface area contributed by atoms with Crippen molar-refractivity contribution in [1.82, 2.24) is 15.5 Å². The highest BCUT2D eigenvalue weighted by atomic mass is 35.5. The summed E-state index contributed by atoms with van der Waals surface area (Å²) in [6.07, 6.45) is 0. The fraction of sp³-hybridized carbons (Fsp3) is 0.385. The van der Waals surface area contributed by atoms with Crippen LogP contribution in [-0.2, 0) is 0 Å². The number of benzene rings is 1. The molecule has 1 aromatic heterocycles. The monoisotopic (exact) mass is 296 g/mol. The second-order valence-electron chi connectivity index (χ2n) is 4.20. The molecule has 6 nitrogen and oxygen atoms in total. The lowest BCUT2D eigenvalue weighted by Crippen LogP contribution is -2.17. The number of anilines is 2. The molecule has 2 N–H and O–H groups in total. The maximum atomic E-state index is 6.05. The minimum Gasteiger partial charge on any atom is -0.495 e. The normalized spacial score (nSPS) is 12.2. The highest BCUT2D eigenvalue weighted by Gasteiger charge is 2.13. The number of ether oxygens (including phenoxy) is 1. The smallest absolute Gasteiger partial charge is 0.320 e. The van der Waals surface area contributed by atoms with E-state index in [1.807, 2.05) is 19.9 Å². The van der Waals surface area contributed by atoms with Gasteiger partial charge >= 0.3 is 6.01 Å². The molecule has 1 atom stereocenters. The molecule has 0 aliphatic carbocycles. The quantitative estimate of drug-likeness (QED) is 0.853. The number of nitrogens with zero attached hydrogens (tertiary/aromatic N) is 2. The SMILES string of the molecule is CCNC(C)c1nnc(Nc2ccc(OC)c(Cl)c2)o1. The van der Waals surface area contributed by atoms with Crippen LogP contribution in [0.25, 0.3) is 0 Å². The van der Waals surface area contributed by atoms with Crippen molar-refractivity contribution >= 4 is 23.3 Å². The van der Waals surface area contributed by atoms with E-state index in [9.17, 15) is 0 Å². The van der Waals surface area contributed by atoms with Crippen molar-refractivity contribution in [2.24, 2.45) is 0 Å². The van der Waals surface area contributed by atoms with E-state index in [-0.39, 0.29) is 6.04 Å². The third kappa shape index (κ3) is 3.40. The van der Waals surface area contributed by atoms with Gasteiger partial charge in [-0.2, -0.15) is 0 Å². The first-order chi connectivity index (χ1) is 9.63. The van der Waals surface area contributed by atoms with E-state index in [2.05, 4.69) is 20.8 Å². The van der Waals surface area contributed by atoms with Crippen LogP contribution in [-0.4, -0.2) is 23.9 Å². The molecule has 0 saturated heterocycles. The average molecular weight is 297 g/mol. The Balaban J connectivity index is 2.08. The third-order valence-corrected chi connectivity index (χ3v) is 3.02. The van der Waals surface area contributed by atoms with Crippen LogP contribution < -0.4 is 15.4 Å². The molecule has 7 heteroatoms. The van der Waals surface area contributed by atoms with E-state index in [1.165, 1.54) is 0 Å². The zero-order chi connectivity index (χ0) is 14.5. The predicted molar refractivity (Wildman–Crippen MR) is 77.7 cm³/mol. The Bertz CT molecular complexity index is 573. The summed E-state index contributed by atoms with van der Waals surface area (Å²) >= 11 is 6.05. The van der Waals surface area contributed by atoms with Gasteiger partial charge < -0.3 is 19.8 Å². The van der Waals surface area contributed by atoms with E-state index in [0.29, 0.717) is 22.7 Å². The van der Waals surface area contributed by atoms with Gasteiger partial charge in [-0.15, -0.1) is 5.10 Å². The third-order valence-electron chi connectivity index (χ3n) is 2.72.